The number of rotatable bonds is 5. The van der Waals surface area contributed by atoms with Gasteiger partial charge in [-0.3, -0.25) is 29.0 Å². The molecule has 19 nitrogen and oxygen atoms in total. The summed E-state index contributed by atoms with van der Waals surface area (Å²) >= 11 is 0. The molecule has 0 aromatic heterocycles. The highest BCUT2D eigenvalue weighted by Gasteiger charge is 2.77. The number of ketones is 4. The summed E-state index contributed by atoms with van der Waals surface area (Å²) in [6, 6.07) is 14.8. The number of phenolic OH excluding ortho intramolecular Hbond substituents is 3. The molecule has 7 heterocycles. The molecule has 0 amide bonds. The highest BCUT2D eigenvalue weighted by Crippen LogP contribution is 2.70. The van der Waals surface area contributed by atoms with Crippen molar-refractivity contribution >= 4 is 23.1 Å². The van der Waals surface area contributed by atoms with Crippen molar-refractivity contribution in [3.63, 3.8) is 0 Å². The molecule has 17 aliphatic rings. The van der Waals surface area contributed by atoms with E-state index in [-0.39, 0.29) is 64.4 Å². The zero-order valence-corrected chi connectivity index (χ0v) is 52.9. The van der Waals surface area contributed by atoms with E-state index in [1.165, 1.54) is 18.4 Å². The Balaban J connectivity index is 0.0000000914. The summed E-state index contributed by atoms with van der Waals surface area (Å²) in [6.07, 6.45) is 13.6. The van der Waals surface area contributed by atoms with Gasteiger partial charge in [-0.15, -0.1) is 6.58 Å². The smallest absolute Gasteiger partial charge is 0.174 e. The number of ether oxygens (including phenoxy) is 5. The van der Waals surface area contributed by atoms with Crippen LogP contribution in [-0.2, 0) is 66.5 Å². The molecule has 8 bridgehead atoms. The van der Waals surface area contributed by atoms with Gasteiger partial charge in [-0.25, -0.2) is 0 Å². The van der Waals surface area contributed by atoms with Crippen LogP contribution < -0.4 is 23.7 Å². The molecule has 16 atom stereocenters. The minimum Gasteiger partial charge on any atom is -0.504 e. The van der Waals surface area contributed by atoms with Crippen molar-refractivity contribution in [2.75, 3.05) is 46.9 Å². The number of aliphatic hydroxyl groups is 4. The SMILES string of the molecule is C=CCN1CC[C@]23c4c5ccc(O)c4O[C@H]2C(=O)CC[C@@]3(O)[C@H]1C5.CN1CC[C@]23c4c5ccc(O)c4O[C@H]2C(=O)CC[C@@]3(O)[C@H]1C5.COc1ccc2c3c1O[C@H]1C(=O)CC[C@@]4(O)[C@H](CCC[C@]314)C2.O=C1CC[C@@]2(O)[C@H]3Cc4ccc(O)c5c4[C@@]2(CCN3CC2CC2)[C@H]1O5. The van der Waals surface area contributed by atoms with Crippen molar-refractivity contribution in [1.82, 2.24) is 14.7 Å². The van der Waals surface area contributed by atoms with Gasteiger partial charge in [0, 0.05) is 85.7 Å². The average Bonchev–Trinajstić information content (AvgIpc) is 1.62. The summed E-state index contributed by atoms with van der Waals surface area (Å²) < 4.78 is 29.6. The van der Waals surface area contributed by atoms with E-state index >= 15 is 0 Å². The number of methoxy groups -OCH3 is 1. The van der Waals surface area contributed by atoms with Gasteiger partial charge >= 0.3 is 0 Å². The van der Waals surface area contributed by atoms with E-state index in [4.69, 9.17) is 23.7 Å². The van der Waals surface area contributed by atoms with E-state index in [1.807, 2.05) is 37.4 Å². The summed E-state index contributed by atoms with van der Waals surface area (Å²) in [5, 5.41) is 77.9. The van der Waals surface area contributed by atoms with Gasteiger partial charge < -0.3 is 64.3 Å². The van der Waals surface area contributed by atoms with Crippen LogP contribution in [0.4, 0.5) is 0 Å². The maximum atomic E-state index is 12.7. The largest absolute Gasteiger partial charge is 0.504 e. The lowest BCUT2D eigenvalue weighted by Crippen LogP contribution is -2.76. The topological polar surface area (TPSA) is 266 Å². The van der Waals surface area contributed by atoms with Crippen molar-refractivity contribution in [3.8, 4) is 46.0 Å². The van der Waals surface area contributed by atoms with Crippen molar-refractivity contribution in [3.05, 3.63) is 106 Å². The molecule has 0 unspecified atom stereocenters. The third-order valence-corrected chi connectivity index (χ3v) is 27.5. The standard InChI is InChI=1S/C20H23NO4.C19H21NO4.C18H20O4.C17H19NO4/c22-13-4-3-12-9-15-20(24)6-5-14(23)18-19(20,16(12)17(13)25-18)7-8-21(15)10-11-1-2-11;1-2-8-20-9-7-18-15-11-3-4-12(21)16(15)24-17(18)13(22)5-6-19(18,23)14(20)10-11;1-21-13-5-4-10-9-11-3-2-7-17-14(10)15(13)22-16(17)12(19)6-8-18(11,17)20;1-18-7-6-16-13-9-2-3-10(19)14(13)22-15(16)11(20)4-5-17(16,21)12(18)8-9/h3-4,11,15,18,22,24H,1-2,5-10H2;2-4,14,17,21,23H,1,5-10H2;4-5,11,16,20H,2-3,6-9H2,1H3;2-3,12,15,19,21H,4-8H2,1H3/t15-,18+,19+,20-;14-,17+,18+,19-;11-,16+,17+,18-;12-,15+,16+,17-/m1111/s1. The maximum absolute atomic E-state index is 12.7. The van der Waals surface area contributed by atoms with Crippen LogP contribution in [0.1, 0.15) is 147 Å². The van der Waals surface area contributed by atoms with Gasteiger partial charge in [-0.2, -0.15) is 0 Å². The van der Waals surface area contributed by atoms with Gasteiger partial charge in [0.2, 0.25) is 0 Å². The van der Waals surface area contributed by atoms with Crippen LogP contribution in [0.5, 0.6) is 46.0 Å². The minimum atomic E-state index is -1.00. The first-order chi connectivity index (χ1) is 44.7. The molecule has 4 aromatic carbocycles. The number of aromatic hydroxyl groups is 3. The van der Waals surface area contributed by atoms with Gasteiger partial charge in [0.05, 0.1) is 51.2 Å². The number of nitrogens with zero attached hydrogens (tertiary/aromatic N) is 3. The van der Waals surface area contributed by atoms with Crippen molar-refractivity contribution in [2.24, 2.45) is 11.8 Å². The molecule has 9 fully saturated rings. The molecule has 10 aliphatic carbocycles. The summed E-state index contributed by atoms with van der Waals surface area (Å²) in [5.41, 5.74) is 2.05. The molecule has 6 saturated carbocycles. The van der Waals surface area contributed by atoms with Gasteiger partial charge in [-0.05, 0) is 175 Å². The fourth-order valence-electron chi connectivity index (χ4n) is 23.4. The number of phenols is 3. The van der Waals surface area contributed by atoms with Crippen LogP contribution in [-0.4, -0.2) is 185 Å². The third-order valence-electron chi connectivity index (χ3n) is 27.5. The number of Topliss-reactive ketones (excluding diaryl/α,β-unsaturated/α-hetero) is 4. The fraction of sp³-hybridized carbons (Fsp3) is 0.595. The molecule has 21 rings (SSSR count). The van der Waals surface area contributed by atoms with Crippen molar-refractivity contribution < 1.29 is 78.6 Å². The highest BCUT2D eigenvalue weighted by atomic mass is 16.5. The van der Waals surface area contributed by atoms with Crippen LogP contribution >= 0.6 is 0 Å². The van der Waals surface area contributed by atoms with E-state index in [1.54, 1.807) is 25.3 Å². The predicted molar refractivity (Wildman–Crippen MR) is 335 cm³/mol. The molecule has 0 radical (unpaired) electrons. The zero-order valence-electron chi connectivity index (χ0n) is 52.9. The summed E-state index contributed by atoms with van der Waals surface area (Å²) in [6.45, 7) is 8.14. The number of likely N-dealkylation sites (N-methyl/N-ethyl adjacent to an activating group) is 1. The Labute approximate surface area is 539 Å². The van der Waals surface area contributed by atoms with Crippen LogP contribution in [0, 0.1) is 11.8 Å². The minimum absolute atomic E-state index is 0.00319. The fourth-order valence-corrected chi connectivity index (χ4v) is 23.4. The van der Waals surface area contributed by atoms with Gasteiger partial charge in [0.25, 0.3) is 0 Å². The number of hydrogen-bond donors (Lipinski definition) is 7. The average molecular weight is 1270 g/mol. The van der Waals surface area contributed by atoms with Crippen LogP contribution in [0.3, 0.4) is 0 Å². The molecule has 19 heteroatoms. The van der Waals surface area contributed by atoms with E-state index < -0.39 is 68.5 Å². The molecule has 3 saturated heterocycles. The summed E-state index contributed by atoms with van der Waals surface area (Å²) in [4.78, 5) is 57.4. The monoisotopic (exact) mass is 1270 g/mol. The first-order valence-electron chi connectivity index (χ1n) is 34.4. The second-order valence-electron chi connectivity index (χ2n) is 30.8. The quantitative estimate of drug-likeness (QED) is 0.118. The predicted octanol–water partition coefficient (Wildman–Crippen LogP) is 5.72. The first-order valence-corrected chi connectivity index (χ1v) is 34.4. The maximum Gasteiger partial charge on any atom is 0.174 e. The van der Waals surface area contributed by atoms with Crippen LogP contribution in [0.25, 0.3) is 0 Å². The van der Waals surface area contributed by atoms with Gasteiger partial charge in [0.1, 0.15) is 0 Å². The third kappa shape index (κ3) is 7.05. The molecular formula is C74H83N3O16. The van der Waals surface area contributed by atoms with Crippen LogP contribution in [0.15, 0.2) is 61.2 Å². The Morgan fingerprint density at radius 3 is 1.38 bits per heavy atom. The van der Waals surface area contributed by atoms with Crippen LogP contribution in [0.2, 0.25) is 0 Å². The number of benzene rings is 4. The number of carbonyl (C=O) groups excluding carboxylic acids is 4. The number of piperidine rings is 3. The van der Waals surface area contributed by atoms with E-state index in [0.29, 0.717) is 99.4 Å². The lowest BCUT2D eigenvalue weighted by atomic mass is 9.46. The molecule has 4 spiro atoms. The van der Waals surface area contributed by atoms with Crippen molar-refractivity contribution in [2.45, 2.75) is 215 Å². The molecule has 7 N–H and O–H groups in total. The van der Waals surface area contributed by atoms with E-state index in [9.17, 15) is 54.9 Å². The van der Waals surface area contributed by atoms with Crippen molar-refractivity contribution in [1.29, 1.82) is 0 Å². The molecule has 93 heavy (non-hydrogen) atoms. The Morgan fingerprint density at radius 2 is 0.892 bits per heavy atom. The van der Waals surface area contributed by atoms with E-state index in [2.05, 4.69) is 27.3 Å². The lowest BCUT2D eigenvalue weighted by Gasteiger charge is -2.62. The highest BCUT2D eigenvalue weighted by molar-refractivity contribution is 5.93. The normalized spacial score (nSPS) is 40.9. The number of carbonyl (C=O) groups is 4. The molecule has 4 aromatic rings. The second kappa shape index (κ2) is 19.6. The Kier molecular flexibility index (Phi) is 12.4. The molecule has 490 valence electrons. The Morgan fingerprint density at radius 1 is 0.495 bits per heavy atom. The number of likely N-dealkylation sites (tertiary alicyclic amines) is 3. The van der Waals surface area contributed by atoms with Gasteiger partial charge in [0.15, 0.2) is 93.5 Å². The zero-order chi connectivity index (χ0) is 64.1. The second-order valence-corrected chi connectivity index (χ2v) is 30.8. The van der Waals surface area contributed by atoms with Gasteiger partial charge in [-0.1, -0.05) is 36.8 Å². The number of hydrogen-bond acceptors (Lipinski definition) is 19. The Bertz CT molecular complexity index is 4000. The lowest BCUT2D eigenvalue weighted by molar-refractivity contribution is -0.188. The molecule has 7 aliphatic heterocycles. The summed E-state index contributed by atoms with van der Waals surface area (Å²) in [5.74, 6) is 4.25. The Hall–Kier alpha value is -6.58. The molecular weight excluding hydrogens is 1190 g/mol. The summed E-state index contributed by atoms with van der Waals surface area (Å²) in [7, 11) is 3.67. The van der Waals surface area contributed by atoms with E-state index in [0.717, 1.165) is 123 Å². The first kappa shape index (κ1) is 59.0.